The molecule has 0 saturated carbocycles. The number of hydrogen-bond donors (Lipinski definition) is 2. The van der Waals surface area contributed by atoms with Crippen molar-refractivity contribution < 1.29 is 18.8 Å². The first-order valence-electron chi connectivity index (χ1n) is 12.5. The molecule has 208 valence electrons. The van der Waals surface area contributed by atoms with Gasteiger partial charge in [-0.2, -0.15) is 0 Å². The smallest absolute Gasteiger partial charge is 0.256 e. The molecular formula is C29H36FN5O4. The summed E-state index contributed by atoms with van der Waals surface area (Å²) in [6.07, 6.45) is 0.599. The summed E-state index contributed by atoms with van der Waals surface area (Å²) in [5.74, 6) is -1.27. The van der Waals surface area contributed by atoms with Crippen molar-refractivity contribution in [3.05, 3.63) is 80.9 Å². The second kappa shape index (κ2) is 13.4. The Morgan fingerprint density at radius 1 is 1.08 bits per heavy atom. The average Bonchev–Trinajstić information content (AvgIpc) is 2.92. The molecule has 0 bridgehead atoms. The zero-order chi connectivity index (χ0) is 29.4. The maximum Gasteiger partial charge on any atom is 0.256 e. The van der Waals surface area contributed by atoms with Crippen molar-refractivity contribution >= 4 is 41.1 Å². The van der Waals surface area contributed by atoms with Crippen molar-refractivity contribution in [2.24, 2.45) is 7.05 Å². The number of halogens is 1. The molecule has 39 heavy (non-hydrogen) atoms. The van der Waals surface area contributed by atoms with Gasteiger partial charge in [-0.15, -0.1) is 0 Å². The molecule has 0 aliphatic rings. The fraction of sp³-hybridized carbons (Fsp3) is 0.310. The molecule has 0 saturated heterocycles. The van der Waals surface area contributed by atoms with Gasteiger partial charge < -0.3 is 15.5 Å². The molecular weight excluding hydrogens is 501 g/mol. The van der Waals surface area contributed by atoms with Gasteiger partial charge in [-0.05, 0) is 49.2 Å². The Kier molecular flexibility index (Phi) is 10.5. The molecule has 0 aliphatic carbocycles. The van der Waals surface area contributed by atoms with Crippen LogP contribution in [-0.2, 0) is 23.1 Å². The van der Waals surface area contributed by atoms with Crippen LogP contribution in [0.25, 0.3) is 0 Å². The number of likely N-dealkylation sites (N-methyl/N-ethyl adjacent to an activating group) is 1. The summed E-state index contributed by atoms with van der Waals surface area (Å²) in [6, 6.07) is 11.2. The van der Waals surface area contributed by atoms with Crippen molar-refractivity contribution in [2.75, 3.05) is 31.4 Å². The number of anilines is 4. The van der Waals surface area contributed by atoms with Crippen LogP contribution >= 0.6 is 0 Å². The minimum Gasteiger partial charge on any atom is -0.355 e. The Bertz CT molecular complexity index is 1430. The average molecular weight is 538 g/mol. The standard InChI is InChI=1S/C27H30FN5O4.C2H6/c1-16-10-11-21(20(28)12-16)30-25-23(26(36)29-3)24(17(2)27(37)32(25)6)33(15-34)19-9-7-8-18(13-19)14-22(35)31(4)5;1-2/h7-13,15,30H,14H2,1-6H3,(H,29,36);1-2H3. The summed E-state index contributed by atoms with van der Waals surface area (Å²) in [5.41, 5.74) is 1.43. The number of rotatable bonds is 8. The second-order valence-electron chi connectivity index (χ2n) is 8.86. The Hall–Kier alpha value is -4.47. The predicted octanol–water partition coefficient (Wildman–Crippen LogP) is 4.20. The number of nitrogens with zero attached hydrogens (tertiary/aromatic N) is 3. The third kappa shape index (κ3) is 6.70. The molecule has 0 unspecified atom stereocenters. The molecule has 0 fully saturated rings. The molecule has 3 aromatic rings. The topological polar surface area (TPSA) is 104 Å². The molecule has 0 atom stereocenters. The van der Waals surface area contributed by atoms with Crippen LogP contribution in [0.15, 0.2) is 47.3 Å². The number of aromatic nitrogens is 1. The van der Waals surface area contributed by atoms with Crippen LogP contribution in [0.2, 0.25) is 0 Å². The Labute approximate surface area is 228 Å². The van der Waals surface area contributed by atoms with Crippen LogP contribution in [0.5, 0.6) is 0 Å². The molecule has 2 aromatic carbocycles. The molecule has 3 rings (SSSR count). The quantitative estimate of drug-likeness (QED) is 0.420. The van der Waals surface area contributed by atoms with E-state index in [1.807, 2.05) is 13.8 Å². The third-order valence-electron chi connectivity index (χ3n) is 6.01. The van der Waals surface area contributed by atoms with Gasteiger partial charge in [-0.25, -0.2) is 4.39 Å². The van der Waals surface area contributed by atoms with Crippen LogP contribution in [-0.4, -0.2) is 48.8 Å². The molecule has 10 heteroatoms. The fourth-order valence-corrected chi connectivity index (χ4v) is 3.95. The zero-order valence-corrected chi connectivity index (χ0v) is 23.7. The third-order valence-corrected chi connectivity index (χ3v) is 6.01. The lowest BCUT2D eigenvalue weighted by Gasteiger charge is -2.26. The highest BCUT2D eigenvalue weighted by atomic mass is 19.1. The number of amides is 3. The van der Waals surface area contributed by atoms with E-state index in [4.69, 9.17) is 0 Å². The number of carbonyl (C=O) groups is 3. The van der Waals surface area contributed by atoms with Gasteiger partial charge in [0, 0.05) is 39.4 Å². The van der Waals surface area contributed by atoms with Gasteiger partial charge in [0.15, 0.2) is 0 Å². The summed E-state index contributed by atoms with van der Waals surface area (Å²) in [7, 11) is 6.17. The molecule has 2 N–H and O–H groups in total. The van der Waals surface area contributed by atoms with Crippen LogP contribution in [0.3, 0.4) is 0 Å². The summed E-state index contributed by atoms with van der Waals surface area (Å²) in [5, 5.41) is 5.42. The van der Waals surface area contributed by atoms with Crippen LogP contribution in [0.1, 0.15) is 40.9 Å². The van der Waals surface area contributed by atoms with Crippen molar-refractivity contribution in [3.8, 4) is 0 Å². The van der Waals surface area contributed by atoms with E-state index in [1.54, 1.807) is 51.4 Å². The Morgan fingerprint density at radius 3 is 2.31 bits per heavy atom. The largest absolute Gasteiger partial charge is 0.355 e. The first-order valence-corrected chi connectivity index (χ1v) is 12.5. The van der Waals surface area contributed by atoms with Gasteiger partial charge in [0.25, 0.3) is 11.5 Å². The zero-order valence-electron chi connectivity index (χ0n) is 23.7. The van der Waals surface area contributed by atoms with Crippen molar-refractivity contribution in [3.63, 3.8) is 0 Å². The normalized spacial score (nSPS) is 10.2. The van der Waals surface area contributed by atoms with E-state index in [0.29, 0.717) is 23.2 Å². The molecule has 3 amide bonds. The van der Waals surface area contributed by atoms with Crippen LogP contribution in [0.4, 0.5) is 27.3 Å². The lowest BCUT2D eigenvalue weighted by molar-refractivity contribution is -0.127. The van der Waals surface area contributed by atoms with Crippen molar-refractivity contribution in [2.45, 2.75) is 34.1 Å². The van der Waals surface area contributed by atoms with Gasteiger partial charge in [0.2, 0.25) is 12.3 Å². The van der Waals surface area contributed by atoms with Gasteiger partial charge in [0.1, 0.15) is 17.2 Å². The minimum absolute atomic E-state index is 0.0125. The number of carbonyl (C=O) groups excluding carboxylic acids is 3. The Balaban J connectivity index is 0.00000260. The highest BCUT2D eigenvalue weighted by Crippen LogP contribution is 2.35. The van der Waals surface area contributed by atoms with E-state index >= 15 is 0 Å². The highest BCUT2D eigenvalue weighted by Gasteiger charge is 2.28. The van der Waals surface area contributed by atoms with Crippen molar-refractivity contribution in [1.82, 2.24) is 14.8 Å². The van der Waals surface area contributed by atoms with Gasteiger partial charge >= 0.3 is 0 Å². The SMILES string of the molecule is CC.CNC(=O)c1c(N(C=O)c2cccc(CC(=O)N(C)C)c2)c(C)c(=O)n(C)c1Nc1ccc(C)cc1F. The molecule has 0 radical (unpaired) electrons. The number of benzene rings is 2. The van der Waals surface area contributed by atoms with E-state index in [9.17, 15) is 23.6 Å². The highest BCUT2D eigenvalue weighted by molar-refractivity contribution is 6.08. The monoisotopic (exact) mass is 537 g/mol. The number of hydrogen-bond acceptors (Lipinski definition) is 5. The van der Waals surface area contributed by atoms with Gasteiger partial charge in [0.05, 0.1) is 17.8 Å². The summed E-state index contributed by atoms with van der Waals surface area (Å²) >= 11 is 0. The van der Waals surface area contributed by atoms with E-state index in [2.05, 4.69) is 10.6 Å². The maximum absolute atomic E-state index is 14.7. The lowest BCUT2D eigenvalue weighted by atomic mass is 10.0. The van der Waals surface area contributed by atoms with Crippen LogP contribution < -0.4 is 21.1 Å². The van der Waals surface area contributed by atoms with E-state index in [0.717, 1.165) is 0 Å². The second-order valence-corrected chi connectivity index (χ2v) is 8.86. The summed E-state index contributed by atoms with van der Waals surface area (Å²) in [4.78, 5) is 53.7. The summed E-state index contributed by atoms with van der Waals surface area (Å²) < 4.78 is 15.9. The predicted molar refractivity (Wildman–Crippen MR) is 153 cm³/mol. The summed E-state index contributed by atoms with van der Waals surface area (Å²) in [6.45, 7) is 7.25. The van der Waals surface area contributed by atoms with E-state index in [-0.39, 0.29) is 40.6 Å². The molecule has 1 aromatic heterocycles. The van der Waals surface area contributed by atoms with Gasteiger partial charge in [-0.3, -0.25) is 28.6 Å². The molecule has 1 heterocycles. The number of aryl methyl sites for hydroxylation is 1. The fourth-order valence-electron chi connectivity index (χ4n) is 3.95. The van der Waals surface area contributed by atoms with E-state index < -0.39 is 17.3 Å². The van der Waals surface area contributed by atoms with Gasteiger partial charge in [-0.1, -0.05) is 32.0 Å². The molecule has 0 spiro atoms. The number of pyridine rings is 1. The van der Waals surface area contributed by atoms with E-state index in [1.165, 1.54) is 47.5 Å². The molecule has 0 aliphatic heterocycles. The Morgan fingerprint density at radius 2 is 1.74 bits per heavy atom. The van der Waals surface area contributed by atoms with Crippen molar-refractivity contribution in [1.29, 1.82) is 0 Å². The minimum atomic E-state index is -0.588. The van der Waals surface area contributed by atoms with Crippen LogP contribution in [0, 0.1) is 19.7 Å². The first kappa shape index (κ1) is 30.8. The maximum atomic E-state index is 14.7. The lowest BCUT2D eigenvalue weighted by Crippen LogP contribution is -2.33. The first-order chi connectivity index (χ1) is 18.5. The number of nitrogens with one attached hydrogen (secondary N) is 2. The molecule has 9 nitrogen and oxygen atoms in total.